The van der Waals surface area contributed by atoms with E-state index in [1.165, 1.54) is 19.2 Å². The van der Waals surface area contributed by atoms with E-state index >= 15 is 0 Å². The van der Waals surface area contributed by atoms with Crippen LogP contribution < -0.4 is 0 Å². The Kier molecular flexibility index (Phi) is 2.35. The van der Waals surface area contributed by atoms with E-state index in [2.05, 4.69) is 60.3 Å². The second-order valence-electron chi connectivity index (χ2n) is 2.72. The minimum absolute atomic E-state index is 1.09. The number of thiophene rings is 1. The van der Waals surface area contributed by atoms with Crippen LogP contribution in [-0.2, 0) is 0 Å². The number of rotatable bonds is 0. The summed E-state index contributed by atoms with van der Waals surface area (Å²) in [6.07, 6.45) is 0. The summed E-state index contributed by atoms with van der Waals surface area (Å²) in [5, 5.41) is 1.31. The minimum atomic E-state index is 1.09. The summed E-state index contributed by atoms with van der Waals surface area (Å²) in [6.45, 7) is 2.14. The first kappa shape index (κ1) is 8.84. The third-order valence-corrected chi connectivity index (χ3v) is 4.25. The lowest BCUT2D eigenvalue weighted by molar-refractivity contribution is 1.47. The molecule has 0 bridgehead atoms. The zero-order chi connectivity index (χ0) is 8.72. The van der Waals surface area contributed by atoms with E-state index in [1.807, 2.05) is 0 Å². The highest BCUT2D eigenvalue weighted by atomic mass is 127. The van der Waals surface area contributed by atoms with Crippen molar-refractivity contribution in [2.24, 2.45) is 0 Å². The largest absolute Gasteiger partial charge is 0.133 e. The molecule has 0 spiro atoms. The normalized spacial score (nSPS) is 10.9. The maximum atomic E-state index is 4.33. The van der Waals surface area contributed by atoms with E-state index in [-0.39, 0.29) is 0 Å². The van der Waals surface area contributed by atoms with Crippen molar-refractivity contribution in [2.75, 3.05) is 0 Å². The fraction of sp³-hybridized carbons (Fsp3) is 0.111. The molecule has 1 aromatic carbocycles. The van der Waals surface area contributed by atoms with Gasteiger partial charge in [-0.05, 0) is 58.7 Å². The summed E-state index contributed by atoms with van der Waals surface area (Å²) in [6, 6.07) is 6.55. The third kappa shape index (κ3) is 1.49. The van der Waals surface area contributed by atoms with Crippen LogP contribution >= 0.6 is 46.6 Å². The van der Waals surface area contributed by atoms with E-state index in [4.69, 9.17) is 0 Å². The molecular formula is C9H7IS2. The summed E-state index contributed by atoms with van der Waals surface area (Å²) in [5.74, 6) is 0. The number of benzene rings is 1. The molecule has 0 saturated heterocycles. The van der Waals surface area contributed by atoms with Gasteiger partial charge in [0.15, 0.2) is 0 Å². The lowest BCUT2D eigenvalue weighted by Gasteiger charge is -1.96. The Balaban J connectivity index is 2.83. The van der Waals surface area contributed by atoms with E-state index in [0.29, 0.717) is 0 Å². The quantitative estimate of drug-likeness (QED) is 0.550. The van der Waals surface area contributed by atoms with Gasteiger partial charge < -0.3 is 0 Å². The van der Waals surface area contributed by atoms with Crippen LogP contribution in [0.2, 0.25) is 0 Å². The Morgan fingerprint density at radius 2 is 2.08 bits per heavy atom. The van der Waals surface area contributed by atoms with Gasteiger partial charge in [0.25, 0.3) is 0 Å². The smallest absolute Gasteiger partial charge is 0.0580 e. The standard InChI is InChI=1S/C9H7IS2/c1-5-2-6-3-9(11)12-8(6)4-7(5)10/h2-4,11H,1H3. The summed E-state index contributed by atoms with van der Waals surface area (Å²) in [5.41, 5.74) is 1.34. The van der Waals surface area contributed by atoms with Gasteiger partial charge in [0.1, 0.15) is 0 Å². The molecule has 1 heterocycles. The van der Waals surface area contributed by atoms with Crippen LogP contribution in [0.15, 0.2) is 22.4 Å². The summed E-state index contributed by atoms with van der Waals surface area (Å²) in [4.78, 5) is 0. The average Bonchev–Trinajstić information content (AvgIpc) is 2.30. The molecule has 0 radical (unpaired) electrons. The third-order valence-electron chi connectivity index (χ3n) is 1.78. The van der Waals surface area contributed by atoms with Crippen molar-refractivity contribution in [1.29, 1.82) is 0 Å². The SMILES string of the molecule is Cc1cc2cc(S)sc2cc1I. The predicted molar refractivity (Wildman–Crippen MR) is 66.5 cm³/mol. The van der Waals surface area contributed by atoms with Gasteiger partial charge in [-0.2, -0.15) is 0 Å². The molecule has 0 N–H and O–H groups in total. The minimum Gasteiger partial charge on any atom is -0.133 e. The van der Waals surface area contributed by atoms with E-state index in [9.17, 15) is 0 Å². The molecule has 62 valence electrons. The van der Waals surface area contributed by atoms with Crippen molar-refractivity contribution in [2.45, 2.75) is 11.1 Å². The Hall–Kier alpha value is 0.260. The van der Waals surface area contributed by atoms with Crippen LogP contribution in [-0.4, -0.2) is 0 Å². The molecule has 3 heteroatoms. The maximum absolute atomic E-state index is 4.33. The van der Waals surface area contributed by atoms with Gasteiger partial charge in [0.2, 0.25) is 0 Å². The van der Waals surface area contributed by atoms with Crippen LogP contribution in [0.1, 0.15) is 5.56 Å². The van der Waals surface area contributed by atoms with Crippen LogP contribution in [0.3, 0.4) is 0 Å². The lowest BCUT2D eigenvalue weighted by atomic mass is 10.2. The van der Waals surface area contributed by atoms with E-state index in [0.717, 1.165) is 4.21 Å². The number of aryl methyl sites for hydroxylation is 1. The highest BCUT2D eigenvalue weighted by Gasteiger charge is 2.01. The van der Waals surface area contributed by atoms with E-state index < -0.39 is 0 Å². The molecule has 2 rings (SSSR count). The molecule has 1 aromatic heterocycles. The predicted octanol–water partition coefficient (Wildman–Crippen LogP) is 4.10. The van der Waals surface area contributed by atoms with Crippen molar-refractivity contribution in [3.05, 3.63) is 27.3 Å². The first-order valence-corrected chi connectivity index (χ1v) is 5.90. The molecule has 0 amide bonds. The lowest BCUT2D eigenvalue weighted by Crippen LogP contribution is -1.76. The van der Waals surface area contributed by atoms with Gasteiger partial charge in [-0.3, -0.25) is 0 Å². The van der Waals surface area contributed by atoms with Crippen LogP contribution in [0, 0.1) is 10.5 Å². The fourth-order valence-corrected chi connectivity index (χ4v) is 3.10. The average molecular weight is 306 g/mol. The molecule has 12 heavy (non-hydrogen) atoms. The van der Waals surface area contributed by atoms with Crippen molar-refractivity contribution in [3.63, 3.8) is 0 Å². The highest BCUT2D eigenvalue weighted by Crippen LogP contribution is 2.30. The van der Waals surface area contributed by atoms with Gasteiger partial charge in [-0.15, -0.1) is 24.0 Å². The van der Waals surface area contributed by atoms with Gasteiger partial charge >= 0.3 is 0 Å². The van der Waals surface area contributed by atoms with Gasteiger partial charge in [0.05, 0.1) is 4.21 Å². The number of halogens is 1. The summed E-state index contributed by atoms with van der Waals surface area (Å²) in [7, 11) is 0. The molecule has 0 aliphatic heterocycles. The Morgan fingerprint density at radius 1 is 1.33 bits per heavy atom. The molecule has 0 fully saturated rings. The van der Waals surface area contributed by atoms with Crippen molar-refractivity contribution in [3.8, 4) is 0 Å². The van der Waals surface area contributed by atoms with Crippen LogP contribution in [0.4, 0.5) is 0 Å². The first-order valence-electron chi connectivity index (χ1n) is 3.55. The molecule has 0 aliphatic rings. The number of hydrogen-bond acceptors (Lipinski definition) is 2. The second kappa shape index (κ2) is 3.20. The molecular weight excluding hydrogens is 299 g/mol. The van der Waals surface area contributed by atoms with E-state index in [1.54, 1.807) is 11.3 Å². The number of thiol groups is 1. The fourth-order valence-electron chi connectivity index (χ4n) is 1.16. The van der Waals surface area contributed by atoms with Crippen LogP contribution in [0.5, 0.6) is 0 Å². The summed E-state index contributed by atoms with van der Waals surface area (Å²) >= 11 is 8.43. The monoisotopic (exact) mass is 306 g/mol. The van der Waals surface area contributed by atoms with Crippen molar-refractivity contribution < 1.29 is 0 Å². The molecule has 2 aromatic rings. The Bertz CT molecular complexity index is 392. The number of fused-ring (bicyclic) bond motifs is 1. The van der Waals surface area contributed by atoms with Crippen molar-refractivity contribution in [1.82, 2.24) is 0 Å². The first-order chi connectivity index (χ1) is 5.66. The second-order valence-corrected chi connectivity index (χ2v) is 5.75. The van der Waals surface area contributed by atoms with Gasteiger partial charge in [0, 0.05) is 8.27 Å². The number of hydrogen-bond donors (Lipinski definition) is 1. The van der Waals surface area contributed by atoms with Gasteiger partial charge in [-0.25, -0.2) is 0 Å². The van der Waals surface area contributed by atoms with Gasteiger partial charge in [-0.1, -0.05) is 0 Å². The Morgan fingerprint density at radius 3 is 2.83 bits per heavy atom. The zero-order valence-corrected chi connectivity index (χ0v) is 10.3. The van der Waals surface area contributed by atoms with Crippen LogP contribution in [0.25, 0.3) is 10.1 Å². The zero-order valence-electron chi connectivity index (χ0n) is 6.47. The maximum Gasteiger partial charge on any atom is 0.0580 e. The molecule has 0 saturated carbocycles. The topological polar surface area (TPSA) is 0 Å². The molecule has 0 unspecified atom stereocenters. The highest BCUT2D eigenvalue weighted by molar-refractivity contribution is 14.1. The van der Waals surface area contributed by atoms with Crippen molar-refractivity contribution >= 4 is 56.6 Å². The Labute approximate surface area is 94.5 Å². The molecule has 0 nitrogen and oxygen atoms in total. The summed E-state index contributed by atoms with van der Waals surface area (Å²) < 4.78 is 3.75. The molecule has 0 aliphatic carbocycles. The molecule has 0 atom stereocenters.